The minimum absolute atomic E-state index is 0.0278. The number of carbonyl (C=O) groups is 2. The molecule has 0 aromatic heterocycles. The average molecular weight is 322 g/mol. The van der Waals surface area contributed by atoms with Crippen molar-refractivity contribution in [3.05, 3.63) is 0 Å². The molecule has 2 aliphatic heterocycles. The van der Waals surface area contributed by atoms with E-state index in [0.29, 0.717) is 5.91 Å². The molecule has 3 fully saturated rings. The highest BCUT2D eigenvalue weighted by Gasteiger charge is 2.44. The van der Waals surface area contributed by atoms with Gasteiger partial charge in [-0.1, -0.05) is 0 Å². The fraction of sp³-hybridized carbons (Fsp3) is 0.857. The fourth-order valence-electron chi connectivity index (χ4n) is 3.02. The topological polar surface area (TPSA) is 69.6 Å². The molecule has 0 aromatic carbocycles. The van der Waals surface area contributed by atoms with Crippen LogP contribution in [0.25, 0.3) is 0 Å². The number of halogens is 3. The lowest BCUT2D eigenvalue weighted by Crippen LogP contribution is -2.44. The summed E-state index contributed by atoms with van der Waals surface area (Å²) in [6.45, 7) is 4.48. The van der Waals surface area contributed by atoms with E-state index in [2.05, 4.69) is 10.2 Å². The molecule has 22 heavy (non-hydrogen) atoms. The van der Waals surface area contributed by atoms with Gasteiger partial charge in [-0.15, -0.1) is 0 Å². The highest BCUT2D eigenvalue weighted by molar-refractivity contribution is 5.84. The number of carboxylic acids is 1. The maximum absolute atomic E-state index is 11.8. The first-order valence-electron chi connectivity index (χ1n) is 7.54. The summed E-state index contributed by atoms with van der Waals surface area (Å²) >= 11 is 0. The summed E-state index contributed by atoms with van der Waals surface area (Å²) in [5, 5.41) is 10.1. The smallest absolute Gasteiger partial charge is 0.475 e. The Bertz CT molecular complexity index is 428. The Morgan fingerprint density at radius 1 is 1.27 bits per heavy atom. The SMILES string of the molecule is O=C(O)C(F)(F)F.O=C1NCCC12CCN(CC1CC1)CC2. The Hall–Kier alpha value is -1.31. The van der Waals surface area contributed by atoms with Gasteiger partial charge in [0.1, 0.15) is 0 Å². The van der Waals surface area contributed by atoms with E-state index >= 15 is 0 Å². The lowest BCUT2D eigenvalue weighted by Gasteiger charge is -2.37. The van der Waals surface area contributed by atoms with Gasteiger partial charge in [-0.05, 0) is 51.1 Å². The molecule has 2 heterocycles. The lowest BCUT2D eigenvalue weighted by molar-refractivity contribution is -0.192. The van der Waals surface area contributed by atoms with Crippen LogP contribution in [0.3, 0.4) is 0 Å². The quantitative estimate of drug-likeness (QED) is 0.811. The average Bonchev–Trinajstić information content (AvgIpc) is 3.18. The minimum Gasteiger partial charge on any atom is -0.475 e. The van der Waals surface area contributed by atoms with Crippen LogP contribution in [-0.2, 0) is 9.59 Å². The van der Waals surface area contributed by atoms with Crippen molar-refractivity contribution in [2.75, 3.05) is 26.2 Å². The standard InChI is InChI=1S/C12H20N2O.C2HF3O2/c15-11-12(3-6-13-11)4-7-14(8-5-12)9-10-1-2-10;3-2(4,5)1(6)7/h10H,1-9H2,(H,13,15);(H,6,7). The van der Waals surface area contributed by atoms with Gasteiger partial charge in [0, 0.05) is 13.1 Å². The second kappa shape index (κ2) is 6.44. The van der Waals surface area contributed by atoms with Gasteiger partial charge < -0.3 is 15.3 Å². The van der Waals surface area contributed by atoms with Crippen molar-refractivity contribution in [1.82, 2.24) is 10.2 Å². The van der Waals surface area contributed by atoms with Gasteiger partial charge in [0.25, 0.3) is 0 Å². The number of rotatable bonds is 2. The van der Waals surface area contributed by atoms with Crippen LogP contribution in [0.5, 0.6) is 0 Å². The molecule has 1 aliphatic carbocycles. The number of nitrogens with zero attached hydrogens (tertiary/aromatic N) is 1. The highest BCUT2D eigenvalue weighted by Crippen LogP contribution is 2.39. The number of alkyl halides is 3. The van der Waals surface area contributed by atoms with Gasteiger partial charge in [0.05, 0.1) is 5.41 Å². The summed E-state index contributed by atoms with van der Waals surface area (Å²) in [5.74, 6) is -1.45. The molecule has 8 heteroatoms. The Labute approximate surface area is 126 Å². The predicted octanol–water partition coefficient (Wildman–Crippen LogP) is 1.63. The summed E-state index contributed by atoms with van der Waals surface area (Å²) in [7, 11) is 0. The number of piperidine rings is 1. The normalized spacial score (nSPS) is 24.6. The van der Waals surface area contributed by atoms with E-state index in [0.717, 1.165) is 44.8 Å². The van der Waals surface area contributed by atoms with Crippen molar-refractivity contribution in [2.45, 2.75) is 38.3 Å². The molecule has 5 nitrogen and oxygen atoms in total. The maximum atomic E-state index is 11.8. The second-order valence-corrected chi connectivity index (χ2v) is 6.33. The number of hydrogen-bond acceptors (Lipinski definition) is 3. The molecule has 0 bridgehead atoms. The minimum atomic E-state index is -5.08. The summed E-state index contributed by atoms with van der Waals surface area (Å²) in [6, 6.07) is 0. The Morgan fingerprint density at radius 2 is 1.82 bits per heavy atom. The molecule has 0 aromatic rings. The Morgan fingerprint density at radius 3 is 2.18 bits per heavy atom. The van der Waals surface area contributed by atoms with Gasteiger partial charge in [-0.2, -0.15) is 13.2 Å². The number of amides is 1. The third-order valence-corrected chi connectivity index (χ3v) is 4.64. The van der Waals surface area contributed by atoms with Crippen molar-refractivity contribution in [1.29, 1.82) is 0 Å². The van der Waals surface area contributed by atoms with Gasteiger partial charge in [-0.25, -0.2) is 4.79 Å². The molecule has 2 N–H and O–H groups in total. The van der Waals surface area contributed by atoms with E-state index in [1.54, 1.807) is 0 Å². The van der Waals surface area contributed by atoms with E-state index < -0.39 is 12.1 Å². The van der Waals surface area contributed by atoms with Crippen molar-refractivity contribution in [3.63, 3.8) is 0 Å². The molecular formula is C14H21F3N2O3. The number of nitrogens with one attached hydrogen (secondary N) is 1. The third kappa shape index (κ3) is 4.34. The largest absolute Gasteiger partial charge is 0.490 e. The van der Waals surface area contributed by atoms with E-state index in [9.17, 15) is 18.0 Å². The van der Waals surface area contributed by atoms with Crippen LogP contribution in [0.1, 0.15) is 32.1 Å². The van der Waals surface area contributed by atoms with Gasteiger partial charge >= 0.3 is 12.1 Å². The third-order valence-electron chi connectivity index (χ3n) is 4.64. The molecule has 3 aliphatic rings. The first-order chi connectivity index (χ1) is 10.2. The van der Waals surface area contributed by atoms with Gasteiger partial charge in [0.15, 0.2) is 0 Å². The zero-order valence-corrected chi connectivity index (χ0v) is 12.3. The zero-order chi connectivity index (χ0) is 16.4. The Balaban J connectivity index is 0.000000217. The van der Waals surface area contributed by atoms with Gasteiger partial charge in [-0.3, -0.25) is 4.79 Å². The summed E-state index contributed by atoms with van der Waals surface area (Å²) < 4.78 is 31.7. The van der Waals surface area contributed by atoms with Crippen LogP contribution in [0.15, 0.2) is 0 Å². The molecule has 3 rings (SSSR count). The van der Waals surface area contributed by atoms with Crippen molar-refractivity contribution >= 4 is 11.9 Å². The van der Waals surface area contributed by atoms with E-state index in [1.165, 1.54) is 19.4 Å². The summed E-state index contributed by atoms with van der Waals surface area (Å²) in [5.41, 5.74) is 0.0278. The number of likely N-dealkylation sites (tertiary alicyclic amines) is 1. The zero-order valence-electron chi connectivity index (χ0n) is 12.3. The van der Waals surface area contributed by atoms with Crippen molar-refractivity contribution < 1.29 is 27.9 Å². The van der Waals surface area contributed by atoms with Crippen molar-refractivity contribution in [3.8, 4) is 0 Å². The number of carbonyl (C=O) groups excluding carboxylic acids is 1. The van der Waals surface area contributed by atoms with Crippen LogP contribution in [0.4, 0.5) is 13.2 Å². The predicted molar refractivity (Wildman–Crippen MR) is 72.1 cm³/mol. The van der Waals surface area contributed by atoms with Crippen LogP contribution in [0.2, 0.25) is 0 Å². The van der Waals surface area contributed by atoms with E-state index in [4.69, 9.17) is 9.90 Å². The monoisotopic (exact) mass is 322 g/mol. The molecule has 1 amide bonds. The van der Waals surface area contributed by atoms with E-state index in [1.807, 2.05) is 0 Å². The molecule has 0 atom stereocenters. The van der Waals surface area contributed by atoms with Crippen LogP contribution < -0.4 is 5.32 Å². The maximum Gasteiger partial charge on any atom is 0.490 e. The van der Waals surface area contributed by atoms with Crippen molar-refractivity contribution in [2.24, 2.45) is 11.3 Å². The second-order valence-electron chi connectivity index (χ2n) is 6.33. The van der Waals surface area contributed by atoms with Gasteiger partial charge in [0.2, 0.25) is 5.91 Å². The van der Waals surface area contributed by atoms with Crippen LogP contribution in [-0.4, -0.2) is 54.2 Å². The molecule has 0 radical (unpaired) electrons. The number of aliphatic carboxylic acids is 1. The van der Waals surface area contributed by atoms with Crippen LogP contribution in [0, 0.1) is 11.3 Å². The van der Waals surface area contributed by atoms with E-state index in [-0.39, 0.29) is 5.41 Å². The molecule has 1 spiro atoms. The molecular weight excluding hydrogens is 301 g/mol. The highest BCUT2D eigenvalue weighted by atomic mass is 19.4. The van der Waals surface area contributed by atoms with Crippen LogP contribution >= 0.6 is 0 Å². The number of carboxylic acid groups (broad SMARTS) is 1. The molecule has 126 valence electrons. The molecule has 1 saturated carbocycles. The number of hydrogen-bond donors (Lipinski definition) is 2. The molecule has 0 unspecified atom stereocenters. The fourth-order valence-corrected chi connectivity index (χ4v) is 3.02. The summed E-state index contributed by atoms with van der Waals surface area (Å²) in [4.78, 5) is 23.2. The first-order valence-corrected chi connectivity index (χ1v) is 7.54. The lowest BCUT2D eigenvalue weighted by atomic mass is 9.77. The Kier molecular flexibility index (Phi) is 4.99. The summed E-state index contributed by atoms with van der Waals surface area (Å²) in [6.07, 6.45) is 1.03. The molecule has 2 saturated heterocycles. The first kappa shape index (κ1) is 17.1.